The van der Waals surface area contributed by atoms with Gasteiger partial charge in [-0.25, -0.2) is 14.8 Å². The van der Waals surface area contributed by atoms with Crippen molar-refractivity contribution < 1.29 is 14.6 Å². The fourth-order valence-electron chi connectivity index (χ4n) is 2.24. The number of rotatable bonds is 3. The van der Waals surface area contributed by atoms with Crippen molar-refractivity contribution in [1.29, 1.82) is 0 Å². The molecule has 3 rings (SSSR count). The number of carbonyl (C=O) groups excluding carboxylic acids is 1. The minimum atomic E-state index is -0.637. The van der Waals surface area contributed by atoms with Gasteiger partial charge in [-0.15, -0.1) is 0 Å². The van der Waals surface area contributed by atoms with E-state index in [4.69, 9.17) is 10.5 Å². The van der Waals surface area contributed by atoms with Crippen LogP contribution in [0.4, 0.5) is 5.82 Å². The van der Waals surface area contributed by atoms with Crippen molar-refractivity contribution in [2.75, 3.05) is 5.73 Å². The molecule has 0 aliphatic heterocycles. The number of nitrogens with two attached hydrogens (primary N) is 1. The maximum Gasteiger partial charge on any atom is 0.342 e. The molecule has 1 aromatic heterocycles. The first-order chi connectivity index (χ1) is 11.0. The highest BCUT2D eigenvalue weighted by Gasteiger charge is 2.14. The predicted octanol–water partition coefficient (Wildman–Crippen LogP) is 2.58. The van der Waals surface area contributed by atoms with Crippen molar-refractivity contribution in [1.82, 2.24) is 9.97 Å². The van der Waals surface area contributed by atoms with E-state index in [2.05, 4.69) is 9.97 Å². The number of hydrogen-bond acceptors (Lipinski definition) is 6. The van der Waals surface area contributed by atoms with E-state index >= 15 is 0 Å². The van der Waals surface area contributed by atoms with Crippen LogP contribution >= 0.6 is 0 Å². The second-order valence-electron chi connectivity index (χ2n) is 5.14. The molecule has 0 aliphatic carbocycles. The summed E-state index contributed by atoms with van der Waals surface area (Å²) in [6, 6.07) is 12.1. The SMILES string of the molecule is Cc1ccc(O)c(C(=O)OCc2nc(N)c3ccccc3n2)c1. The van der Waals surface area contributed by atoms with Crippen LogP contribution in [0.1, 0.15) is 21.7 Å². The Labute approximate surface area is 132 Å². The van der Waals surface area contributed by atoms with Crippen LogP contribution in [-0.2, 0) is 11.3 Å². The van der Waals surface area contributed by atoms with Crippen molar-refractivity contribution in [2.45, 2.75) is 13.5 Å². The van der Waals surface area contributed by atoms with Gasteiger partial charge in [-0.3, -0.25) is 0 Å². The van der Waals surface area contributed by atoms with E-state index in [1.54, 1.807) is 12.1 Å². The number of nitrogen functional groups attached to an aromatic ring is 1. The minimum Gasteiger partial charge on any atom is -0.507 e. The summed E-state index contributed by atoms with van der Waals surface area (Å²) in [6.07, 6.45) is 0. The number of nitrogens with zero attached hydrogens (tertiary/aromatic N) is 2. The number of para-hydroxylation sites is 1. The predicted molar refractivity (Wildman–Crippen MR) is 85.9 cm³/mol. The number of aryl methyl sites for hydroxylation is 1. The highest BCUT2D eigenvalue weighted by Crippen LogP contribution is 2.20. The monoisotopic (exact) mass is 309 g/mol. The molecule has 0 atom stereocenters. The van der Waals surface area contributed by atoms with E-state index < -0.39 is 5.97 Å². The second kappa shape index (κ2) is 5.92. The van der Waals surface area contributed by atoms with Gasteiger partial charge in [-0.2, -0.15) is 0 Å². The number of carbonyl (C=O) groups is 1. The number of ether oxygens (including phenoxy) is 1. The topological polar surface area (TPSA) is 98.3 Å². The van der Waals surface area contributed by atoms with Gasteiger partial charge in [0.05, 0.1) is 5.52 Å². The van der Waals surface area contributed by atoms with E-state index in [9.17, 15) is 9.90 Å². The van der Waals surface area contributed by atoms with Gasteiger partial charge >= 0.3 is 5.97 Å². The molecule has 0 bridgehead atoms. The van der Waals surface area contributed by atoms with Gasteiger partial charge in [0.15, 0.2) is 12.4 Å². The summed E-state index contributed by atoms with van der Waals surface area (Å²) in [4.78, 5) is 20.5. The lowest BCUT2D eigenvalue weighted by molar-refractivity contribution is 0.0459. The van der Waals surface area contributed by atoms with Crippen molar-refractivity contribution in [3.05, 3.63) is 59.4 Å². The van der Waals surface area contributed by atoms with Crippen molar-refractivity contribution in [3.63, 3.8) is 0 Å². The fourth-order valence-corrected chi connectivity index (χ4v) is 2.24. The van der Waals surface area contributed by atoms with E-state index in [1.165, 1.54) is 6.07 Å². The summed E-state index contributed by atoms with van der Waals surface area (Å²) in [5.74, 6) is -0.122. The molecule has 0 aliphatic rings. The van der Waals surface area contributed by atoms with Crippen LogP contribution in [0.2, 0.25) is 0 Å². The third-order valence-corrected chi connectivity index (χ3v) is 3.38. The first kappa shape index (κ1) is 14.8. The van der Waals surface area contributed by atoms with Crippen LogP contribution in [0, 0.1) is 6.92 Å². The Hall–Kier alpha value is -3.15. The third kappa shape index (κ3) is 3.06. The highest BCUT2D eigenvalue weighted by molar-refractivity contribution is 5.92. The lowest BCUT2D eigenvalue weighted by Crippen LogP contribution is -2.09. The number of benzene rings is 2. The molecular weight excluding hydrogens is 294 g/mol. The molecule has 0 saturated carbocycles. The van der Waals surface area contributed by atoms with Crippen molar-refractivity contribution in [3.8, 4) is 5.75 Å². The molecule has 0 unspecified atom stereocenters. The van der Waals surface area contributed by atoms with Gasteiger partial charge in [-0.1, -0.05) is 23.8 Å². The molecule has 0 amide bonds. The zero-order chi connectivity index (χ0) is 16.4. The Balaban J connectivity index is 1.80. The van der Waals surface area contributed by atoms with Gasteiger partial charge in [0.25, 0.3) is 0 Å². The number of phenolic OH excluding ortho intramolecular Hbond substituents is 1. The first-order valence-corrected chi connectivity index (χ1v) is 7.02. The highest BCUT2D eigenvalue weighted by atomic mass is 16.5. The zero-order valence-corrected chi connectivity index (χ0v) is 12.5. The first-order valence-electron chi connectivity index (χ1n) is 7.02. The van der Waals surface area contributed by atoms with Gasteiger partial charge in [0.2, 0.25) is 0 Å². The molecule has 3 aromatic rings. The maximum atomic E-state index is 12.1. The number of hydrogen-bond donors (Lipinski definition) is 2. The molecule has 0 saturated heterocycles. The number of esters is 1. The van der Waals surface area contributed by atoms with Crippen LogP contribution in [-0.4, -0.2) is 21.0 Å². The van der Waals surface area contributed by atoms with Crippen molar-refractivity contribution in [2.24, 2.45) is 0 Å². The van der Waals surface area contributed by atoms with E-state index in [0.717, 1.165) is 10.9 Å². The van der Waals surface area contributed by atoms with Crippen LogP contribution < -0.4 is 5.73 Å². The van der Waals surface area contributed by atoms with E-state index in [-0.39, 0.29) is 17.9 Å². The quantitative estimate of drug-likeness (QED) is 0.722. The average Bonchev–Trinajstić information content (AvgIpc) is 2.55. The molecule has 3 N–H and O–H groups in total. The molecule has 2 aromatic carbocycles. The summed E-state index contributed by atoms with van der Waals surface area (Å²) in [6.45, 7) is 1.70. The maximum absolute atomic E-state index is 12.1. The van der Waals surface area contributed by atoms with E-state index in [0.29, 0.717) is 17.2 Å². The standard InChI is InChI=1S/C17H15N3O3/c1-10-6-7-14(21)12(8-10)17(22)23-9-15-19-13-5-3-2-4-11(13)16(18)20-15/h2-8,21H,9H2,1H3,(H2,18,19,20). The van der Waals surface area contributed by atoms with Gasteiger partial charge in [0.1, 0.15) is 17.1 Å². The smallest absolute Gasteiger partial charge is 0.342 e. The number of fused-ring (bicyclic) bond motifs is 1. The second-order valence-corrected chi connectivity index (χ2v) is 5.14. The summed E-state index contributed by atoms with van der Waals surface area (Å²) in [5.41, 5.74) is 7.53. The molecule has 1 heterocycles. The molecule has 0 radical (unpaired) electrons. The average molecular weight is 309 g/mol. The van der Waals surface area contributed by atoms with Gasteiger partial charge < -0.3 is 15.6 Å². The summed E-state index contributed by atoms with van der Waals surface area (Å²) >= 11 is 0. The van der Waals surface area contributed by atoms with Crippen LogP contribution in [0.15, 0.2) is 42.5 Å². The molecule has 6 heteroatoms. The normalized spacial score (nSPS) is 10.7. The summed E-state index contributed by atoms with van der Waals surface area (Å²) in [5, 5.41) is 10.5. The molecule has 116 valence electrons. The summed E-state index contributed by atoms with van der Waals surface area (Å²) < 4.78 is 5.17. The zero-order valence-electron chi connectivity index (χ0n) is 12.5. The fraction of sp³-hybridized carbons (Fsp3) is 0.118. The van der Waals surface area contributed by atoms with Gasteiger partial charge in [-0.05, 0) is 31.2 Å². The molecular formula is C17H15N3O3. The lowest BCUT2D eigenvalue weighted by Gasteiger charge is -2.08. The number of anilines is 1. The number of phenols is 1. The Morgan fingerprint density at radius 2 is 2.00 bits per heavy atom. The van der Waals surface area contributed by atoms with Gasteiger partial charge in [0, 0.05) is 5.39 Å². The molecule has 6 nitrogen and oxygen atoms in total. The molecule has 0 fully saturated rings. The third-order valence-electron chi connectivity index (χ3n) is 3.38. The van der Waals surface area contributed by atoms with Crippen LogP contribution in [0.25, 0.3) is 10.9 Å². The largest absolute Gasteiger partial charge is 0.507 e. The number of aromatic hydroxyl groups is 1. The van der Waals surface area contributed by atoms with Crippen LogP contribution in [0.3, 0.4) is 0 Å². The summed E-state index contributed by atoms with van der Waals surface area (Å²) in [7, 11) is 0. The number of aromatic nitrogens is 2. The Morgan fingerprint density at radius 1 is 1.22 bits per heavy atom. The van der Waals surface area contributed by atoms with Crippen molar-refractivity contribution >= 4 is 22.7 Å². The lowest BCUT2D eigenvalue weighted by atomic mass is 10.1. The van der Waals surface area contributed by atoms with Crippen LogP contribution in [0.5, 0.6) is 5.75 Å². The Bertz CT molecular complexity index is 893. The Kier molecular flexibility index (Phi) is 3.80. The van der Waals surface area contributed by atoms with E-state index in [1.807, 2.05) is 31.2 Å². The molecule has 23 heavy (non-hydrogen) atoms. The minimum absolute atomic E-state index is 0.110. The Morgan fingerprint density at radius 3 is 2.83 bits per heavy atom. The molecule has 0 spiro atoms.